The predicted octanol–water partition coefficient (Wildman–Crippen LogP) is 1.41. The minimum atomic E-state index is -4.93. The summed E-state index contributed by atoms with van der Waals surface area (Å²) in [5.41, 5.74) is 0.690. The second-order valence-electron chi connectivity index (χ2n) is 4.37. The van der Waals surface area contributed by atoms with E-state index >= 15 is 0 Å². The van der Waals surface area contributed by atoms with E-state index < -0.39 is 18.1 Å². The van der Waals surface area contributed by atoms with Crippen molar-refractivity contribution in [3.63, 3.8) is 0 Å². The van der Waals surface area contributed by atoms with Crippen molar-refractivity contribution in [2.24, 2.45) is 0 Å². The van der Waals surface area contributed by atoms with Crippen LogP contribution in [0.1, 0.15) is 12.5 Å². The molecule has 0 radical (unpaired) electrons. The number of nitrogens with one attached hydrogen (secondary N) is 3. The summed E-state index contributed by atoms with van der Waals surface area (Å²) in [7, 11) is 1.51. The number of anilines is 1. The molecule has 1 atom stereocenters. The van der Waals surface area contributed by atoms with Crippen LogP contribution in [0.5, 0.6) is 0 Å². The first-order chi connectivity index (χ1) is 9.74. The highest BCUT2D eigenvalue weighted by molar-refractivity contribution is 5.94. The van der Waals surface area contributed by atoms with Gasteiger partial charge in [-0.1, -0.05) is 12.1 Å². The van der Waals surface area contributed by atoms with Crippen LogP contribution in [0.4, 0.5) is 18.9 Å². The van der Waals surface area contributed by atoms with Gasteiger partial charge in [-0.2, -0.15) is 13.2 Å². The van der Waals surface area contributed by atoms with E-state index in [1.54, 1.807) is 18.3 Å². The van der Waals surface area contributed by atoms with Crippen molar-refractivity contribution < 1.29 is 22.8 Å². The number of hydrogen-bond donors (Lipinski definition) is 3. The van der Waals surface area contributed by atoms with E-state index in [0.717, 1.165) is 0 Å². The van der Waals surface area contributed by atoms with Crippen LogP contribution in [-0.2, 0) is 16.1 Å². The van der Waals surface area contributed by atoms with Gasteiger partial charge in [0.1, 0.15) is 0 Å². The number of likely N-dealkylation sites (N-methyl/N-ethyl adjacent to an activating group) is 1. The van der Waals surface area contributed by atoms with Gasteiger partial charge in [0, 0.05) is 19.3 Å². The highest BCUT2D eigenvalue weighted by Crippen LogP contribution is 2.18. The van der Waals surface area contributed by atoms with Crippen molar-refractivity contribution in [3.8, 4) is 0 Å². The number of amides is 2. The van der Waals surface area contributed by atoms with Gasteiger partial charge in [-0.05, 0) is 24.6 Å². The molecule has 0 aromatic heterocycles. The summed E-state index contributed by atoms with van der Waals surface area (Å²) in [6.07, 6.45) is -4.93. The van der Waals surface area contributed by atoms with E-state index in [-0.39, 0.29) is 18.1 Å². The number of benzene rings is 1. The third kappa shape index (κ3) is 5.42. The van der Waals surface area contributed by atoms with Crippen molar-refractivity contribution in [2.45, 2.75) is 25.7 Å². The second-order valence-corrected chi connectivity index (χ2v) is 4.37. The van der Waals surface area contributed by atoms with Crippen LogP contribution in [0, 0.1) is 0 Å². The molecule has 0 bridgehead atoms. The Morgan fingerprint density at radius 1 is 1.29 bits per heavy atom. The molecule has 1 unspecified atom stereocenters. The first-order valence-corrected chi connectivity index (χ1v) is 6.16. The molecule has 5 nitrogen and oxygen atoms in total. The molecular formula is C13H16F3N3O2. The van der Waals surface area contributed by atoms with Crippen LogP contribution < -0.4 is 16.0 Å². The lowest BCUT2D eigenvalue weighted by Crippen LogP contribution is -2.40. The second kappa shape index (κ2) is 7.07. The van der Waals surface area contributed by atoms with Crippen LogP contribution in [0.25, 0.3) is 0 Å². The average molecular weight is 303 g/mol. The molecule has 0 saturated heterocycles. The molecule has 21 heavy (non-hydrogen) atoms. The fraction of sp³-hybridized carbons (Fsp3) is 0.385. The van der Waals surface area contributed by atoms with Crippen LogP contribution in [0.3, 0.4) is 0 Å². The minimum Gasteiger partial charge on any atom is -0.358 e. The molecule has 1 aromatic carbocycles. The van der Waals surface area contributed by atoms with E-state index in [1.807, 2.05) is 0 Å². The molecule has 1 rings (SSSR count). The molecule has 0 aliphatic carbocycles. The lowest BCUT2D eigenvalue weighted by Gasteiger charge is -2.13. The SMILES string of the molecule is CNC(=O)C(C)NCc1cccc(NC(=O)C(F)(F)F)c1. The van der Waals surface area contributed by atoms with Crippen molar-refractivity contribution in [1.29, 1.82) is 0 Å². The zero-order chi connectivity index (χ0) is 16.0. The van der Waals surface area contributed by atoms with Gasteiger partial charge in [0.2, 0.25) is 5.91 Å². The standard InChI is InChI=1S/C13H16F3N3O2/c1-8(11(20)17-2)18-7-9-4-3-5-10(6-9)19-12(21)13(14,15)16/h3-6,8,18H,7H2,1-2H3,(H,17,20)(H,19,21). The Labute approximate surface area is 119 Å². The maximum Gasteiger partial charge on any atom is 0.471 e. The zero-order valence-electron chi connectivity index (χ0n) is 11.5. The fourth-order valence-corrected chi connectivity index (χ4v) is 1.54. The van der Waals surface area contributed by atoms with Crippen LogP contribution in [0.2, 0.25) is 0 Å². The van der Waals surface area contributed by atoms with E-state index in [0.29, 0.717) is 5.56 Å². The van der Waals surface area contributed by atoms with Gasteiger partial charge >= 0.3 is 12.1 Å². The molecule has 0 saturated carbocycles. The Hall–Kier alpha value is -2.09. The van der Waals surface area contributed by atoms with Gasteiger partial charge in [0.25, 0.3) is 0 Å². The number of carbonyl (C=O) groups excluding carboxylic acids is 2. The lowest BCUT2D eigenvalue weighted by atomic mass is 10.2. The molecule has 2 amide bonds. The highest BCUT2D eigenvalue weighted by Gasteiger charge is 2.38. The van der Waals surface area contributed by atoms with Crippen molar-refractivity contribution >= 4 is 17.5 Å². The van der Waals surface area contributed by atoms with Gasteiger partial charge in [0.05, 0.1) is 6.04 Å². The van der Waals surface area contributed by atoms with Gasteiger partial charge in [-0.25, -0.2) is 0 Å². The summed E-state index contributed by atoms with van der Waals surface area (Å²) in [4.78, 5) is 22.1. The van der Waals surface area contributed by atoms with Gasteiger partial charge in [-0.15, -0.1) is 0 Å². The topological polar surface area (TPSA) is 70.2 Å². The van der Waals surface area contributed by atoms with Crippen molar-refractivity contribution in [2.75, 3.05) is 12.4 Å². The number of hydrogen-bond acceptors (Lipinski definition) is 3. The Kier molecular flexibility index (Phi) is 5.71. The third-order valence-corrected chi connectivity index (χ3v) is 2.69. The van der Waals surface area contributed by atoms with E-state index in [2.05, 4.69) is 10.6 Å². The summed E-state index contributed by atoms with van der Waals surface area (Å²) in [6, 6.07) is 5.52. The molecule has 0 aliphatic heterocycles. The summed E-state index contributed by atoms with van der Waals surface area (Å²) in [5, 5.41) is 7.16. The van der Waals surface area contributed by atoms with E-state index in [9.17, 15) is 22.8 Å². The predicted molar refractivity (Wildman–Crippen MR) is 71.5 cm³/mol. The first kappa shape index (κ1) is 17.0. The normalized spacial score (nSPS) is 12.6. The highest BCUT2D eigenvalue weighted by atomic mass is 19.4. The zero-order valence-corrected chi connectivity index (χ0v) is 11.5. The van der Waals surface area contributed by atoms with Gasteiger partial charge < -0.3 is 16.0 Å². The smallest absolute Gasteiger partial charge is 0.358 e. The molecule has 0 spiro atoms. The Morgan fingerprint density at radius 3 is 2.52 bits per heavy atom. The molecular weight excluding hydrogens is 287 g/mol. The maximum atomic E-state index is 12.1. The largest absolute Gasteiger partial charge is 0.471 e. The Bertz CT molecular complexity index is 518. The number of carbonyl (C=O) groups is 2. The fourth-order valence-electron chi connectivity index (χ4n) is 1.54. The molecule has 8 heteroatoms. The molecule has 116 valence electrons. The van der Waals surface area contributed by atoms with Gasteiger partial charge in [0.15, 0.2) is 0 Å². The summed E-state index contributed by atoms with van der Waals surface area (Å²) in [6.45, 7) is 1.94. The quantitative estimate of drug-likeness (QED) is 0.770. The molecule has 0 fully saturated rings. The van der Waals surface area contributed by atoms with Gasteiger partial charge in [-0.3, -0.25) is 9.59 Å². The first-order valence-electron chi connectivity index (χ1n) is 6.16. The molecule has 0 aliphatic rings. The number of alkyl halides is 3. The molecule has 1 aromatic rings. The summed E-state index contributed by atoms with van der Waals surface area (Å²) >= 11 is 0. The third-order valence-electron chi connectivity index (χ3n) is 2.69. The van der Waals surface area contributed by atoms with Crippen LogP contribution in [-0.4, -0.2) is 31.1 Å². The van der Waals surface area contributed by atoms with Crippen LogP contribution in [0.15, 0.2) is 24.3 Å². The minimum absolute atomic E-state index is 0.0456. The Morgan fingerprint density at radius 2 is 1.95 bits per heavy atom. The maximum absolute atomic E-state index is 12.1. The number of halogens is 3. The molecule has 3 N–H and O–H groups in total. The molecule has 0 heterocycles. The van der Waals surface area contributed by atoms with Crippen LogP contribution >= 0.6 is 0 Å². The average Bonchev–Trinajstić information content (AvgIpc) is 2.43. The van der Waals surface area contributed by atoms with E-state index in [1.165, 1.54) is 25.2 Å². The number of rotatable bonds is 5. The summed E-state index contributed by atoms with van der Waals surface area (Å²) < 4.78 is 36.4. The monoisotopic (exact) mass is 303 g/mol. The van der Waals surface area contributed by atoms with E-state index in [4.69, 9.17) is 0 Å². The summed E-state index contributed by atoms with van der Waals surface area (Å²) in [5.74, 6) is -2.22. The Balaban J connectivity index is 2.65. The van der Waals surface area contributed by atoms with Crippen molar-refractivity contribution in [1.82, 2.24) is 10.6 Å². The van der Waals surface area contributed by atoms with Crippen molar-refractivity contribution in [3.05, 3.63) is 29.8 Å². The lowest BCUT2D eigenvalue weighted by molar-refractivity contribution is -0.167.